The zero-order chi connectivity index (χ0) is 14.1. The Morgan fingerprint density at radius 3 is 2.42 bits per heavy atom. The Labute approximate surface area is 119 Å². The smallest absolute Gasteiger partial charge is 0.316 e. The number of hydrogen-bond acceptors (Lipinski definition) is 2. The minimum atomic E-state index is -4.07. The van der Waals surface area contributed by atoms with Gasteiger partial charge in [-0.3, -0.25) is 0 Å². The van der Waals surface area contributed by atoms with Gasteiger partial charge < -0.3 is 5.32 Å². The van der Waals surface area contributed by atoms with Crippen molar-refractivity contribution >= 4 is 11.8 Å². The van der Waals surface area contributed by atoms with Crippen molar-refractivity contribution in [3.8, 4) is 0 Å². The molecule has 0 bridgehead atoms. The molecule has 0 aromatic carbocycles. The van der Waals surface area contributed by atoms with Crippen molar-refractivity contribution in [2.75, 3.05) is 18.8 Å². The lowest BCUT2D eigenvalue weighted by molar-refractivity contribution is -0.0328. The van der Waals surface area contributed by atoms with Crippen molar-refractivity contribution in [1.29, 1.82) is 0 Å². The molecule has 0 aromatic rings. The minimum absolute atomic E-state index is 0.144. The highest BCUT2D eigenvalue weighted by Crippen LogP contribution is 2.35. The van der Waals surface area contributed by atoms with Gasteiger partial charge in [-0.05, 0) is 44.2 Å². The third-order valence-corrected chi connectivity index (χ3v) is 4.67. The fraction of sp³-hybridized carbons (Fsp3) is 1.00. The largest absolute Gasteiger partial charge is 0.441 e. The molecular weight excluding hydrogens is 271 g/mol. The van der Waals surface area contributed by atoms with Gasteiger partial charge in [-0.25, -0.2) is 0 Å². The molecule has 0 saturated heterocycles. The maximum atomic E-state index is 12.2. The summed E-state index contributed by atoms with van der Waals surface area (Å²) in [7, 11) is 0. The monoisotopic (exact) mass is 297 g/mol. The van der Waals surface area contributed by atoms with Gasteiger partial charge in [-0.2, -0.15) is 13.2 Å². The topological polar surface area (TPSA) is 12.0 Å². The van der Waals surface area contributed by atoms with Crippen LogP contribution >= 0.6 is 11.8 Å². The molecule has 1 N–H and O–H groups in total. The van der Waals surface area contributed by atoms with Gasteiger partial charge in [-0.15, -0.1) is 0 Å². The predicted octanol–water partition coefficient (Wildman–Crippen LogP) is 4.83. The molecule has 1 rings (SSSR count). The number of nitrogens with one attached hydrogen (secondary N) is 1. The highest BCUT2D eigenvalue weighted by Gasteiger charge is 2.29. The Hall–Kier alpha value is 0.100. The van der Waals surface area contributed by atoms with Crippen LogP contribution in [0.5, 0.6) is 0 Å². The molecular formula is C14H26F3NS. The van der Waals surface area contributed by atoms with Crippen molar-refractivity contribution in [3.05, 3.63) is 0 Å². The second-order valence-electron chi connectivity index (χ2n) is 5.45. The average Bonchev–Trinajstić information content (AvgIpc) is 2.54. The van der Waals surface area contributed by atoms with Crippen molar-refractivity contribution < 1.29 is 13.2 Å². The van der Waals surface area contributed by atoms with Crippen LogP contribution in [0.25, 0.3) is 0 Å². The molecule has 1 fully saturated rings. The Balaban J connectivity index is 2.35. The zero-order valence-corrected chi connectivity index (χ0v) is 12.6. The minimum Gasteiger partial charge on any atom is -0.316 e. The number of halogens is 3. The van der Waals surface area contributed by atoms with E-state index in [4.69, 9.17) is 0 Å². The van der Waals surface area contributed by atoms with Gasteiger partial charge in [0, 0.05) is 5.75 Å². The van der Waals surface area contributed by atoms with Crippen LogP contribution in [0.3, 0.4) is 0 Å². The zero-order valence-electron chi connectivity index (χ0n) is 11.8. The van der Waals surface area contributed by atoms with E-state index in [1.807, 2.05) is 0 Å². The van der Waals surface area contributed by atoms with E-state index < -0.39 is 5.51 Å². The van der Waals surface area contributed by atoms with Gasteiger partial charge in [-0.1, -0.05) is 44.4 Å². The molecule has 1 aliphatic carbocycles. The SMILES string of the molecule is CCCNCC1CCCCCC1CCSC(F)(F)F. The van der Waals surface area contributed by atoms with Crippen LogP contribution in [0.4, 0.5) is 13.2 Å². The molecule has 114 valence electrons. The fourth-order valence-electron chi connectivity index (χ4n) is 2.90. The Kier molecular flexibility index (Phi) is 8.23. The second-order valence-corrected chi connectivity index (χ2v) is 6.61. The Morgan fingerprint density at radius 1 is 1.11 bits per heavy atom. The van der Waals surface area contributed by atoms with E-state index >= 15 is 0 Å². The molecule has 0 radical (unpaired) electrons. The van der Waals surface area contributed by atoms with Crippen LogP contribution in [-0.2, 0) is 0 Å². The number of alkyl halides is 3. The fourth-order valence-corrected chi connectivity index (χ4v) is 3.55. The Bertz CT molecular complexity index is 233. The molecule has 0 aliphatic heterocycles. The summed E-state index contributed by atoms with van der Waals surface area (Å²) in [4.78, 5) is 0. The van der Waals surface area contributed by atoms with Gasteiger partial charge in [0.1, 0.15) is 0 Å². The number of rotatable bonds is 7. The summed E-state index contributed by atoms with van der Waals surface area (Å²) in [6, 6.07) is 0. The first-order valence-electron chi connectivity index (χ1n) is 7.44. The molecule has 1 saturated carbocycles. The van der Waals surface area contributed by atoms with E-state index in [0.29, 0.717) is 18.3 Å². The van der Waals surface area contributed by atoms with Crippen molar-refractivity contribution in [2.24, 2.45) is 11.8 Å². The summed E-state index contributed by atoms with van der Waals surface area (Å²) in [5.74, 6) is 1.27. The maximum absolute atomic E-state index is 12.2. The van der Waals surface area contributed by atoms with Gasteiger partial charge in [0.15, 0.2) is 0 Å². The molecule has 0 aromatic heterocycles. The number of hydrogen-bond donors (Lipinski definition) is 1. The van der Waals surface area contributed by atoms with E-state index in [9.17, 15) is 13.2 Å². The molecule has 2 unspecified atom stereocenters. The summed E-state index contributed by atoms with van der Waals surface area (Å²) in [5, 5.41) is 3.44. The highest BCUT2D eigenvalue weighted by atomic mass is 32.2. The summed E-state index contributed by atoms with van der Waals surface area (Å²) in [6.07, 6.45) is 7.78. The highest BCUT2D eigenvalue weighted by molar-refractivity contribution is 8.00. The molecule has 0 spiro atoms. The van der Waals surface area contributed by atoms with Crippen LogP contribution in [0.1, 0.15) is 51.9 Å². The normalized spacial score (nSPS) is 25.3. The second kappa shape index (κ2) is 9.11. The van der Waals surface area contributed by atoms with E-state index in [1.165, 1.54) is 25.7 Å². The summed E-state index contributed by atoms with van der Waals surface area (Å²) >= 11 is 0.144. The van der Waals surface area contributed by atoms with Gasteiger partial charge in [0.05, 0.1) is 0 Å². The van der Waals surface area contributed by atoms with Crippen molar-refractivity contribution in [1.82, 2.24) is 5.32 Å². The summed E-state index contributed by atoms with van der Waals surface area (Å²) < 4.78 is 36.6. The molecule has 0 amide bonds. The number of thioether (sulfide) groups is 1. The first kappa shape index (κ1) is 17.2. The quantitative estimate of drug-likeness (QED) is 0.534. The average molecular weight is 297 g/mol. The van der Waals surface area contributed by atoms with E-state index in [2.05, 4.69) is 12.2 Å². The molecule has 1 nitrogen and oxygen atoms in total. The molecule has 5 heteroatoms. The van der Waals surface area contributed by atoms with Crippen LogP contribution < -0.4 is 5.32 Å². The third-order valence-electron chi connectivity index (χ3n) is 3.90. The van der Waals surface area contributed by atoms with Crippen LogP contribution in [-0.4, -0.2) is 24.4 Å². The summed E-state index contributed by atoms with van der Waals surface area (Å²) in [5.41, 5.74) is -4.07. The van der Waals surface area contributed by atoms with Crippen LogP contribution in [0.2, 0.25) is 0 Å². The van der Waals surface area contributed by atoms with Crippen molar-refractivity contribution in [2.45, 2.75) is 57.4 Å². The molecule has 0 heterocycles. The van der Waals surface area contributed by atoms with E-state index in [1.54, 1.807) is 0 Å². The molecule has 19 heavy (non-hydrogen) atoms. The van der Waals surface area contributed by atoms with Gasteiger partial charge in [0.2, 0.25) is 0 Å². The lowest BCUT2D eigenvalue weighted by atomic mass is 9.86. The third kappa shape index (κ3) is 8.08. The molecule has 1 aliphatic rings. The predicted molar refractivity (Wildman–Crippen MR) is 76.4 cm³/mol. The van der Waals surface area contributed by atoms with Gasteiger partial charge in [0.25, 0.3) is 0 Å². The van der Waals surface area contributed by atoms with Crippen molar-refractivity contribution in [3.63, 3.8) is 0 Å². The standard InChI is InChI=1S/C14H26F3NS/c1-2-9-18-11-13-7-5-3-4-6-12(13)8-10-19-14(15,16)17/h12-13,18H,2-11H2,1H3. The first-order chi connectivity index (χ1) is 9.03. The Morgan fingerprint density at radius 2 is 1.79 bits per heavy atom. The lowest BCUT2D eigenvalue weighted by Crippen LogP contribution is -2.28. The van der Waals surface area contributed by atoms with E-state index in [-0.39, 0.29) is 17.5 Å². The maximum Gasteiger partial charge on any atom is 0.441 e. The van der Waals surface area contributed by atoms with Crippen LogP contribution in [0.15, 0.2) is 0 Å². The van der Waals surface area contributed by atoms with E-state index in [0.717, 1.165) is 25.9 Å². The van der Waals surface area contributed by atoms with Gasteiger partial charge >= 0.3 is 5.51 Å². The summed E-state index contributed by atoms with van der Waals surface area (Å²) in [6.45, 7) is 4.13. The van der Waals surface area contributed by atoms with Crippen LogP contribution in [0, 0.1) is 11.8 Å². The molecule has 2 atom stereocenters. The first-order valence-corrected chi connectivity index (χ1v) is 8.43. The lowest BCUT2D eigenvalue weighted by Gasteiger charge is -2.25.